The molecular formula is C17H30N2S. The van der Waals surface area contributed by atoms with Gasteiger partial charge in [0.25, 0.3) is 0 Å². The molecule has 2 heterocycles. The fourth-order valence-electron chi connectivity index (χ4n) is 3.18. The summed E-state index contributed by atoms with van der Waals surface area (Å²) in [7, 11) is 0. The normalized spacial score (nSPS) is 24.4. The highest BCUT2D eigenvalue weighted by Crippen LogP contribution is 2.22. The zero-order chi connectivity index (χ0) is 14.4. The number of hydrogen-bond donors (Lipinski definition) is 1. The Hall–Kier alpha value is -0.380. The van der Waals surface area contributed by atoms with Crippen molar-refractivity contribution in [3.8, 4) is 0 Å². The molecule has 2 rings (SSSR count). The van der Waals surface area contributed by atoms with Crippen LogP contribution in [0.1, 0.15) is 39.2 Å². The van der Waals surface area contributed by atoms with Crippen LogP contribution >= 0.6 is 11.3 Å². The average molecular weight is 295 g/mol. The molecule has 0 aliphatic carbocycles. The fraction of sp³-hybridized carbons (Fsp3) is 0.765. The average Bonchev–Trinajstić information content (AvgIpc) is 2.91. The Bertz CT molecular complexity index is 361. The second kappa shape index (κ2) is 8.16. The lowest BCUT2D eigenvalue weighted by molar-refractivity contribution is 0.146. The Kier molecular flexibility index (Phi) is 6.53. The van der Waals surface area contributed by atoms with Crippen LogP contribution in [0.4, 0.5) is 0 Å². The van der Waals surface area contributed by atoms with Crippen LogP contribution in [0.15, 0.2) is 16.8 Å². The quantitative estimate of drug-likeness (QED) is 0.826. The summed E-state index contributed by atoms with van der Waals surface area (Å²) in [5, 5.41) is 8.30. The molecule has 0 spiro atoms. The minimum absolute atomic E-state index is 0.686. The first-order chi connectivity index (χ1) is 9.67. The smallest absolute Gasteiger partial charge is 0.0198 e. The van der Waals surface area contributed by atoms with Crippen molar-refractivity contribution >= 4 is 11.3 Å². The van der Waals surface area contributed by atoms with Gasteiger partial charge in [-0.2, -0.15) is 11.3 Å². The fourth-order valence-corrected chi connectivity index (χ4v) is 3.86. The first kappa shape index (κ1) is 16.0. The van der Waals surface area contributed by atoms with Crippen LogP contribution in [0, 0.1) is 11.8 Å². The van der Waals surface area contributed by atoms with Crippen LogP contribution in [-0.2, 0) is 6.42 Å². The van der Waals surface area contributed by atoms with Gasteiger partial charge in [0.05, 0.1) is 0 Å². The molecule has 0 saturated carbocycles. The molecule has 20 heavy (non-hydrogen) atoms. The van der Waals surface area contributed by atoms with Gasteiger partial charge in [-0.15, -0.1) is 0 Å². The molecule has 2 atom stereocenters. The molecule has 1 N–H and O–H groups in total. The maximum absolute atomic E-state index is 3.79. The number of thiophene rings is 1. The van der Waals surface area contributed by atoms with Gasteiger partial charge in [0, 0.05) is 19.1 Å². The Morgan fingerprint density at radius 2 is 2.25 bits per heavy atom. The SMILES string of the molecule is CCN1CC(Cc2ccsc2)CC(NCCC(C)C)C1. The molecule has 0 aromatic carbocycles. The molecule has 1 aliphatic rings. The summed E-state index contributed by atoms with van der Waals surface area (Å²) in [4.78, 5) is 2.62. The molecule has 1 aromatic heterocycles. The lowest BCUT2D eigenvalue weighted by Crippen LogP contribution is -2.49. The topological polar surface area (TPSA) is 15.3 Å². The molecule has 1 saturated heterocycles. The van der Waals surface area contributed by atoms with Crippen LogP contribution in [0.25, 0.3) is 0 Å². The number of piperidine rings is 1. The first-order valence-electron chi connectivity index (χ1n) is 8.14. The standard InChI is InChI=1S/C17H30N2S/c1-4-19-11-16(9-15-6-8-20-13-15)10-17(12-19)18-7-5-14(2)3/h6,8,13-14,16-18H,4-5,7,9-12H2,1-3H3. The van der Waals surface area contributed by atoms with E-state index >= 15 is 0 Å². The predicted molar refractivity (Wildman–Crippen MR) is 89.5 cm³/mol. The van der Waals surface area contributed by atoms with E-state index < -0.39 is 0 Å². The van der Waals surface area contributed by atoms with Crippen LogP contribution < -0.4 is 5.32 Å². The van der Waals surface area contributed by atoms with Crippen LogP contribution in [0.3, 0.4) is 0 Å². The third kappa shape index (κ3) is 5.19. The second-order valence-electron chi connectivity index (χ2n) is 6.62. The summed E-state index contributed by atoms with van der Waals surface area (Å²) in [6, 6.07) is 2.97. The largest absolute Gasteiger partial charge is 0.313 e. The van der Waals surface area contributed by atoms with Crippen LogP contribution in [0.5, 0.6) is 0 Å². The number of likely N-dealkylation sites (tertiary alicyclic amines) is 1. The molecule has 2 unspecified atom stereocenters. The van der Waals surface area contributed by atoms with Crippen molar-refractivity contribution in [3.63, 3.8) is 0 Å². The van der Waals surface area contributed by atoms with Crippen LogP contribution in [-0.4, -0.2) is 37.1 Å². The Morgan fingerprint density at radius 3 is 2.90 bits per heavy atom. The third-order valence-electron chi connectivity index (χ3n) is 4.32. The van der Waals surface area contributed by atoms with E-state index in [4.69, 9.17) is 0 Å². The van der Waals surface area contributed by atoms with E-state index in [1.165, 1.54) is 51.0 Å². The van der Waals surface area contributed by atoms with E-state index in [2.05, 4.69) is 47.8 Å². The Labute approximate surface area is 128 Å². The number of rotatable bonds is 7. The highest BCUT2D eigenvalue weighted by Gasteiger charge is 2.26. The van der Waals surface area contributed by atoms with Gasteiger partial charge in [-0.1, -0.05) is 20.8 Å². The maximum atomic E-state index is 3.79. The van der Waals surface area contributed by atoms with E-state index in [1.54, 1.807) is 0 Å². The molecule has 1 fully saturated rings. The van der Waals surface area contributed by atoms with Gasteiger partial charge in [-0.25, -0.2) is 0 Å². The summed E-state index contributed by atoms with van der Waals surface area (Å²) < 4.78 is 0. The molecule has 2 nitrogen and oxygen atoms in total. The molecule has 0 bridgehead atoms. The van der Waals surface area contributed by atoms with Crippen molar-refractivity contribution in [2.45, 2.75) is 46.1 Å². The molecular weight excluding hydrogens is 264 g/mol. The van der Waals surface area contributed by atoms with Gasteiger partial charge in [0.2, 0.25) is 0 Å². The zero-order valence-electron chi connectivity index (χ0n) is 13.3. The lowest BCUT2D eigenvalue weighted by Gasteiger charge is -2.38. The minimum Gasteiger partial charge on any atom is -0.313 e. The molecule has 0 amide bonds. The van der Waals surface area contributed by atoms with Crippen molar-refractivity contribution in [2.75, 3.05) is 26.2 Å². The van der Waals surface area contributed by atoms with E-state index in [0.29, 0.717) is 6.04 Å². The van der Waals surface area contributed by atoms with Crippen molar-refractivity contribution in [1.29, 1.82) is 0 Å². The van der Waals surface area contributed by atoms with Gasteiger partial charge < -0.3 is 10.2 Å². The van der Waals surface area contributed by atoms with E-state index in [-0.39, 0.29) is 0 Å². The summed E-state index contributed by atoms with van der Waals surface area (Å²) in [5.74, 6) is 1.62. The summed E-state index contributed by atoms with van der Waals surface area (Å²) in [6.45, 7) is 11.8. The van der Waals surface area contributed by atoms with Gasteiger partial charge in [-0.05, 0) is 66.6 Å². The highest BCUT2D eigenvalue weighted by molar-refractivity contribution is 7.07. The van der Waals surface area contributed by atoms with Gasteiger partial charge in [-0.3, -0.25) is 0 Å². The van der Waals surface area contributed by atoms with Crippen molar-refractivity contribution in [3.05, 3.63) is 22.4 Å². The van der Waals surface area contributed by atoms with E-state index in [1.807, 2.05) is 11.3 Å². The van der Waals surface area contributed by atoms with Gasteiger partial charge in [0.1, 0.15) is 0 Å². The number of likely N-dealkylation sites (N-methyl/N-ethyl adjacent to an activating group) is 1. The van der Waals surface area contributed by atoms with E-state index in [0.717, 1.165) is 11.8 Å². The van der Waals surface area contributed by atoms with Gasteiger partial charge >= 0.3 is 0 Å². The van der Waals surface area contributed by atoms with Gasteiger partial charge in [0.15, 0.2) is 0 Å². The Balaban J connectivity index is 1.83. The number of nitrogens with one attached hydrogen (secondary N) is 1. The van der Waals surface area contributed by atoms with Crippen molar-refractivity contribution in [1.82, 2.24) is 10.2 Å². The lowest BCUT2D eigenvalue weighted by atomic mass is 9.89. The minimum atomic E-state index is 0.686. The van der Waals surface area contributed by atoms with Crippen molar-refractivity contribution in [2.24, 2.45) is 11.8 Å². The zero-order valence-corrected chi connectivity index (χ0v) is 14.1. The van der Waals surface area contributed by atoms with Crippen molar-refractivity contribution < 1.29 is 0 Å². The van der Waals surface area contributed by atoms with Crippen LogP contribution in [0.2, 0.25) is 0 Å². The summed E-state index contributed by atoms with van der Waals surface area (Å²) >= 11 is 1.82. The predicted octanol–water partition coefficient (Wildman–Crippen LogP) is 3.64. The molecule has 1 aromatic rings. The molecule has 114 valence electrons. The molecule has 3 heteroatoms. The highest BCUT2D eigenvalue weighted by atomic mass is 32.1. The number of hydrogen-bond acceptors (Lipinski definition) is 3. The summed E-state index contributed by atoms with van der Waals surface area (Å²) in [5.41, 5.74) is 1.53. The van der Waals surface area contributed by atoms with E-state index in [9.17, 15) is 0 Å². The number of nitrogens with zero attached hydrogens (tertiary/aromatic N) is 1. The monoisotopic (exact) mass is 294 g/mol. The first-order valence-corrected chi connectivity index (χ1v) is 9.08. The molecule has 0 radical (unpaired) electrons. The third-order valence-corrected chi connectivity index (χ3v) is 5.05. The second-order valence-corrected chi connectivity index (χ2v) is 7.40. The summed E-state index contributed by atoms with van der Waals surface area (Å²) in [6.07, 6.45) is 3.88. The molecule has 1 aliphatic heterocycles. The Morgan fingerprint density at radius 1 is 1.40 bits per heavy atom. The maximum Gasteiger partial charge on any atom is 0.0198 e.